The molecule has 0 bridgehead atoms. The minimum Gasteiger partial charge on any atom is -0.478 e. The summed E-state index contributed by atoms with van der Waals surface area (Å²) in [5.41, 5.74) is -0.0724. The first-order valence-electron chi connectivity index (χ1n) is 5.35. The van der Waals surface area contributed by atoms with Gasteiger partial charge in [-0.05, 0) is 24.3 Å². The molecule has 0 radical (unpaired) electrons. The molecule has 21 heavy (non-hydrogen) atoms. The zero-order chi connectivity index (χ0) is 15.7. The monoisotopic (exact) mass is 320 g/mol. The van der Waals surface area contributed by atoms with Crippen molar-refractivity contribution in [2.24, 2.45) is 0 Å². The first-order chi connectivity index (χ1) is 9.82. The van der Waals surface area contributed by atoms with Gasteiger partial charge in [0.25, 0.3) is 0 Å². The van der Waals surface area contributed by atoms with Crippen molar-refractivity contribution in [2.45, 2.75) is 9.79 Å². The van der Waals surface area contributed by atoms with Gasteiger partial charge in [-0.25, -0.2) is 26.7 Å². The lowest BCUT2D eigenvalue weighted by Crippen LogP contribution is -2.03. The van der Waals surface area contributed by atoms with Crippen molar-refractivity contribution in [1.82, 2.24) is 0 Å². The van der Waals surface area contributed by atoms with Crippen molar-refractivity contribution in [2.75, 3.05) is 0 Å². The molecule has 0 fully saturated rings. The molecule has 0 heterocycles. The smallest absolute Gasteiger partial charge is 0.335 e. The van der Waals surface area contributed by atoms with E-state index < -0.39 is 40.0 Å². The van der Waals surface area contributed by atoms with Gasteiger partial charge in [-0.1, -0.05) is 11.8 Å². The number of rotatable bonds is 3. The number of hydrogen-bond acceptors (Lipinski definition) is 2. The molecule has 110 valence electrons. The summed E-state index contributed by atoms with van der Waals surface area (Å²) in [4.78, 5) is 9.72. The zero-order valence-corrected chi connectivity index (χ0v) is 10.8. The third kappa shape index (κ3) is 2.85. The molecule has 2 aromatic carbocycles. The van der Waals surface area contributed by atoms with Gasteiger partial charge in [-0.15, -0.1) is 0 Å². The van der Waals surface area contributed by atoms with Gasteiger partial charge in [0.2, 0.25) is 5.82 Å². The number of carboxylic acid groups (broad SMARTS) is 1. The maximum Gasteiger partial charge on any atom is 0.335 e. The van der Waals surface area contributed by atoms with Gasteiger partial charge >= 0.3 is 5.97 Å². The molecule has 0 saturated carbocycles. The van der Waals surface area contributed by atoms with E-state index in [9.17, 15) is 26.7 Å². The highest BCUT2D eigenvalue weighted by atomic mass is 32.2. The van der Waals surface area contributed by atoms with Crippen LogP contribution in [0.1, 0.15) is 10.4 Å². The average Bonchev–Trinajstić information content (AvgIpc) is 2.48. The predicted molar refractivity (Wildman–Crippen MR) is 63.8 cm³/mol. The molecule has 0 spiro atoms. The van der Waals surface area contributed by atoms with Gasteiger partial charge < -0.3 is 5.11 Å². The Bertz CT molecular complexity index is 686. The fraction of sp³-hybridized carbons (Fsp3) is 0. The van der Waals surface area contributed by atoms with Crippen LogP contribution in [0.25, 0.3) is 0 Å². The van der Waals surface area contributed by atoms with Crippen molar-refractivity contribution in [3.63, 3.8) is 0 Å². The molecule has 0 aliphatic carbocycles. The van der Waals surface area contributed by atoms with E-state index in [-0.39, 0.29) is 10.5 Å². The SMILES string of the molecule is O=C(O)c1ccc(Sc2c(F)c(F)c(F)c(F)c2F)cc1. The molecular formula is C13H5F5O2S. The van der Waals surface area contributed by atoms with E-state index in [1.54, 1.807) is 0 Å². The molecule has 2 nitrogen and oxygen atoms in total. The van der Waals surface area contributed by atoms with Crippen LogP contribution in [-0.2, 0) is 0 Å². The quantitative estimate of drug-likeness (QED) is 0.522. The van der Waals surface area contributed by atoms with Gasteiger partial charge in [0.15, 0.2) is 23.3 Å². The van der Waals surface area contributed by atoms with E-state index in [0.29, 0.717) is 11.8 Å². The van der Waals surface area contributed by atoms with Gasteiger partial charge in [-0.2, -0.15) is 0 Å². The van der Waals surface area contributed by atoms with E-state index in [2.05, 4.69) is 0 Å². The summed E-state index contributed by atoms with van der Waals surface area (Å²) < 4.78 is 65.8. The molecule has 0 amide bonds. The van der Waals surface area contributed by atoms with Crippen LogP contribution in [0.15, 0.2) is 34.1 Å². The topological polar surface area (TPSA) is 37.3 Å². The van der Waals surface area contributed by atoms with E-state index in [1.165, 1.54) is 12.1 Å². The van der Waals surface area contributed by atoms with Gasteiger partial charge in [0.05, 0.1) is 10.5 Å². The van der Waals surface area contributed by atoms with Crippen LogP contribution in [0.2, 0.25) is 0 Å². The van der Waals surface area contributed by atoms with Crippen molar-refractivity contribution >= 4 is 17.7 Å². The number of hydrogen-bond donors (Lipinski definition) is 1. The summed E-state index contributed by atoms with van der Waals surface area (Å²) in [5, 5.41) is 8.69. The Morgan fingerprint density at radius 3 is 1.67 bits per heavy atom. The second-order valence-corrected chi connectivity index (χ2v) is 4.91. The Labute approximate surface area is 119 Å². The van der Waals surface area contributed by atoms with Crippen LogP contribution >= 0.6 is 11.8 Å². The first kappa shape index (κ1) is 15.3. The molecular weight excluding hydrogens is 315 g/mol. The Morgan fingerprint density at radius 2 is 1.24 bits per heavy atom. The van der Waals surface area contributed by atoms with Gasteiger partial charge in [0, 0.05) is 4.90 Å². The average molecular weight is 320 g/mol. The summed E-state index contributed by atoms with van der Waals surface area (Å²) in [6.07, 6.45) is 0. The Kier molecular flexibility index (Phi) is 4.17. The third-order valence-corrected chi connectivity index (χ3v) is 3.56. The highest BCUT2D eigenvalue weighted by molar-refractivity contribution is 7.99. The number of carbonyl (C=O) groups is 1. The van der Waals surface area contributed by atoms with Crippen LogP contribution in [0.3, 0.4) is 0 Å². The largest absolute Gasteiger partial charge is 0.478 e. The fourth-order valence-electron chi connectivity index (χ4n) is 1.46. The van der Waals surface area contributed by atoms with Gasteiger partial charge in [0.1, 0.15) is 0 Å². The third-order valence-electron chi connectivity index (χ3n) is 2.49. The van der Waals surface area contributed by atoms with Crippen molar-refractivity contribution in [3.8, 4) is 0 Å². The van der Waals surface area contributed by atoms with Crippen LogP contribution in [0.4, 0.5) is 22.0 Å². The summed E-state index contributed by atoms with van der Waals surface area (Å²) in [6, 6.07) is 4.70. The first-order valence-corrected chi connectivity index (χ1v) is 6.17. The molecule has 0 saturated heterocycles. The fourth-order valence-corrected chi connectivity index (χ4v) is 2.32. The minimum atomic E-state index is -2.23. The molecule has 1 N–H and O–H groups in total. The second-order valence-electron chi connectivity index (χ2n) is 3.83. The molecule has 0 unspecified atom stereocenters. The highest BCUT2D eigenvalue weighted by Gasteiger charge is 2.26. The Morgan fingerprint density at radius 1 is 0.810 bits per heavy atom. The Hall–Kier alpha value is -2.09. The van der Waals surface area contributed by atoms with E-state index in [1.807, 2.05) is 0 Å². The van der Waals surface area contributed by atoms with Crippen LogP contribution in [-0.4, -0.2) is 11.1 Å². The van der Waals surface area contributed by atoms with Crippen molar-refractivity contribution < 1.29 is 31.9 Å². The number of carboxylic acids is 1. The summed E-state index contributed by atoms with van der Waals surface area (Å²) in [6.45, 7) is 0. The number of aromatic carboxylic acids is 1. The van der Waals surface area contributed by atoms with Crippen molar-refractivity contribution in [1.29, 1.82) is 0 Å². The Balaban J connectivity index is 2.42. The predicted octanol–water partition coefficient (Wildman–Crippen LogP) is 4.23. The minimum absolute atomic E-state index is 0.0724. The van der Waals surface area contributed by atoms with Crippen LogP contribution in [0.5, 0.6) is 0 Å². The summed E-state index contributed by atoms with van der Waals surface area (Å²) >= 11 is 0.309. The second kappa shape index (κ2) is 5.72. The maximum absolute atomic E-state index is 13.5. The van der Waals surface area contributed by atoms with Crippen molar-refractivity contribution in [3.05, 3.63) is 58.9 Å². The lowest BCUT2D eigenvalue weighted by molar-refractivity contribution is 0.0697. The number of halogens is 5. The highest BCUT2D eigenvalue weighted by Crippen LogP contribution is 2.35. The number of benzene rings is 2. The molecule has 0 atom stereocenters. The molecule has 0 aliphatic rings. The normalized spacial score (nSPS) is 10.7. The van der Waals surface area contributed by atoms with E-state index >= 15 is 0 Å². The molecule has 2 aromatic rings. The maximum atomic E-state index is 13.5. The molecule has 2 rings (SSSR count). The van der Waals surface area contributed by atoms with E-state index in [0.717, 1.165) is 12.1 Å². The molecule has 0 aromatic heterocycles. The van der Waals surface area contributed by atoms with E-state index in [4.69, 9.17) is 5.11 Å². The molecule has 0 aliphatic heterocycles. The summed E-state index contributed by atoms with van der Waals surface area (Å²) in [7, 11) is 0. The lowest BCUT2D eigenvalue weighted by atomic mass is 10.2. The lowest BCUT2D eigenvalue weighted by Gasteiger charge is -2.08. The summed E-state index contributed by atoms with van der Waals surface area (Å²) in [5.74, 6) is -11.4. The molecule has 8 heteroatoms. The standard InChI is InChI=1S/C13H5F5O2S/c14-7-8(15)10(17)12(11(18)9(7)16)21-6-3-1-5(2-4-6)13(19)20/h1-4H,(H,19,20). The van der Waals surface area contributed by atoms with Crippen LogP contribution in [0, 0.1) is 29.1 Å². The van der Waals surface area contributed by atoms with Gasteiger partial charge in [-0.3, -0.25) is 0 Å². The zero-order valence-electron chi connectivity index (χ0n) is 9.96. The van der Waals surface area contributed by atoms with Crippen LogP contribution < -0.4 is 0 Å².